The summed E-state index contributed by atoms with van der Waals surface area (Å²) in [4.78, 5) is 4.06. The van der Waals surface area contributed by atoms with Gasteiger partial charge in [0, 0.05) is 25.4 Å². The maximum atomic E-state index is 11.3. The van der Waals surface area contributed by atoms with Crippen molar-refractivity contribution in [3.8, 4) is 0 Å². The highest BCUT2D eigenvalue weighted by Crippen LogP contribution is 2.10. The molecule has 1 rings (SSSR count). The van der Waals surface area contributed by atoms with Gasteiger partial charge in [0.25, 0.3) is 0 Å². The van der Waals surface area contributed by atoms with E-state index in [0.29, 0.717) is 12.4 Å². The lowest BCUT2D eigenvalue weighted by molar-refractivity contribution is 0.599. The first kappa shape index (κ1) is 13.6. The molecule has 0 radical (unpaired) electrons. The number of aliphatic imine (C=N–C) groups is 1. The summed E-state index contributed by atoms with van der Waals surface area (Å²) in [5.74, 6) is 2.20. The molecule has 1 saturated heterocycles. The maximum Gasteiger partial charge on any atom is 0.191 e. The van der Waals surface area contributed by atoms with Gasteiger partial charge in [0.15, 0.2) is 15.8 Å². The largest absolute Gasteiger partial charge is 0.356 e. The van der Waals surface area contributed by atoms with Crippen LogP contribution in [0.15, 0.2) is 4.99 Å². The number of hydrogen-bond acceptors (Lipinski definition) is 4. The Labute approximate surface area is 101 Å². The molecule has 0 aromatic heterocycles. The predicted molar refractivity (Wildman–Crippen MR) is 69.9 cm³/mol. The molecule has 0 spiro atoms. The van der Waals surface area contributed by atoms with Crippen LogP contribution in [0.5, 0.6) is 0 Å². The van der Waals surface area contributed by atoms with Crippen molar-refractivity contribution in [2.45, 2.75) is 12.5 Å². The van der Waals surface area contributed by atoms with Crippen molar-refractivity contribution in [1.82, 2.24) is 10.6 Å². The first-order valence-corrected chi connectivity index (χ1v) is 8.45. The van der Waals surface area contributed by atoms with Crippen LogP contribution in [0.1, 0.15) is 6.42 Å². The van der Waals surface area contributed by atoms with Crippen molar-refractivity contribution in [2.75, 3.05) is 37.1 Å². The Hall–Kier alpha value is -0.430. The lowest BCUT2D eigenvalue weighted by Crippen LogP contribution is -2.44. The average molecular weight is 265 g/mol. The minimum Gasteiger partial charge on any atom is -0.356 e. The zero-order valence-electron chi connectivity index (χ0n) is 9.69. The number of hydrogen-bond donors (Lipinski definition) is 2. The second kappa shape index (κ2) is 6.34. The van der Waals surface area contributed by atoms with Crippen molar-refractivity contribution in [3.05, 3.63) is 0 Å². The molecular weight excluding hydrogens is 246 g/mol. The van der Waals surface area contributed by atoms with Crippen molar-refractivity contribution >= 4 is 27.6 Å². The monoisotopic (exact) mass is 265 g/mol. The van der Waals surface area contributed by atoms with Crippen LogP contribution in [0.25, 0.3) is 0 Å². The third-order valence-electron chi connectivity index (χ3n) is 2.40. The third-order valence-corrected chi connectivity index (χ3v) is 4.78. The molecule has 1 heterocycles. The van der Waals surface area contributed by atoms with E-state index in [0.717, 1.165) is 12.3 Å². The van der Waals surface area contributed by atoms with Crippen LogP contribution < -0.4 is 10.6 Å². The fourth-order valence-corrected chi connectivity index (χ4v) is 3.55. The lowest BCUT2D eigenvalue weighted by Gasteiger charge is -2.15. The summed E-state index contributed by atoms with van der Waals surface area (Å²) in [5.41, 5.74) is 0. The van der Waals surface area contributed by atoms with Crippen LogP contribution in [-0.4, -0.2) is 57.5 Å². The number of thioether (sulfide) groups is 1. The van der Waals surface area contributed by atoms with Gasteiger partial charge in [-0.2, -0.15) is 11.8 Å². The molecular formula is C9H19N3O2S2. The van der Waals surface area contributed by atoms with Gasteiger partial charge in [-0.25, -0.2) is 8.42 Å². The topological polar surface area (TPSA) is 70.6 Å². The molecule has 0 aromatic carbocycles. The van der Waals surface area contributed by atoms with Crippen LogP contribution in [0.2, 0.25) is 0 Å². The summed E-state index contributed by atoms with van der Waals surface area (Å²) in [6, 6.07) is 0.00507. The molecule has 0 bridgehead atoms. The van der Waals surface area contributed by atoms with E-state index in [1.807, 2.05) is 6.26 Å². The summed E-state index contributed by atoms with van der Waals surface area (Å²) >= 11 is 1.76. The summed E-state index contributed by atoms with van der Waals surface area (Å²) in [7, 11) is -1.13. The van der Waals surface area contributed by atoms with Crippen molar-refractivity contribution in [1.29, 1.82) is 0 Å². The number of rotatable bonds is 4. The Morgan fingerprint density at radius 2 is 2.31 bits per heavy atom. The first-order valence-electron chi connectivity index (χ1n) is 5.24. The van der Waals surface area contributed by atoms with Gasteiger partial charge < -0.3 is 10.6 Å². The van der Waals surface area contributed by atoms with E-state index in [4.69, 9.17) is 0 Å². The molecule has 16 heavy (non-hydrogen) atoms. The van der Waals surface area contributed by atoms with Crippen LogP contribution >= 0.6 is 11.8 Å². The minimum absolute atomic E-state index is 0.00507. The SMILES string of the molecule is CN=C(NCCSC)NC1CCS(=O)(=O)C1. The normalized spacial score (nSPS) is 24.4. The molecule has 1 aliphatic heterocycles. The van der Waals surface area contributed by atoms with E-state index in [1.165, 1.54) is 0 Å². The zero-order chi connectivity index (χ0) is 12.0. The van der Waals surface area contributed by atoms with E-state index >= 15 is 0 Å². The standard InChI is InChI=1S/C9H19N3O2S2/c1-10-9(11-4-5-15-2)12-8-3-6-16(13,14)7-8/h8H,3-7H2,1-2H3,(H2,10,11,12). The predicted octanol–water partition coefficient (Wildman–Crippen LogP) is -0.298. The summed E-state index contributed by atoms with van der Waals surface area (Å²) in [6.45, 7) is 0.834. The van der Waals surface area contributed by atoms with Crippen LogP contribution in [0.3, 0.4) is 0 Å². The third kappa shape index (κ3) is 4.61. The Morgan fingerprint density at radius 1 is 1.56 bits per heavy atom. The van der Waals surface area contributed by atoms with Gasteiger partial charge in [-0.1, -0.05) is 0 Å². The maximum absolute atomic E-state index is 11.3. The number of nitrogens with zero attached hydrogens (tertiary/aromatic N) is 1. The molecule has 1 atom stereocenters. The van der Waals surface area contributed by atoms with Gasteiger partial charge in [-0.3, -0.25) is 4.99 Å². The van der Waals surface area contributed by atoms with Crippen molar-refractivity contribution in [3.63, 3.8) is 0 Å². The van der Waals surface area contributed by atoms with Crippen LogP contribution in [-0.2, 0) is 9.84 Å². The van der Waals surface area contributed by atoms with Gasteiger partial charge in [0.1, 0.15) is 0 Å². The highest BCUT2D eigenvalue weighted by molar-refractivity contribution is 7.98. The van der Waals surface area contributed by atoms with E-state index in [2.05, 4.69) is 15.6 Å². The fourth-order valence-electron chi connectivity index (χ4n) is 1.57. The fraction of sp³-hybridized carbons (Fsp3) is 0.889. The Balaban J connectivity index is 2.35. The summed E-state index contributed by atoms with van der Waals surface area (Å²) < 4.78 is 22.5. The molecule has 7 heteroatoms. The molecule has 1 unspecified atom stereocenters. The number of guanidine groups is 1. The average Bonchev–Trinajstić information content (AvgIpc) is 2.57. The van der Waals surface area contributed by atoms with Gasteiger partial charge in [-0.15, -0.1) is 0 Å². The minimum atomic E-state index is -2.82. The van der Waals surface area contributed by atoms with Crippen molar-refractivity contribution < 1.29 is 8.42 Å². The summed E-state index contributed by atoms with van der Waals surface area (Å²) in [5, 5.41) is 6.28. The van der Waals surface area contributed by atoms with Gasteiger partial charge in [0.05, 0.1) is 11.5 Å². The molecule has 2 N–H and O–H groups in total. The van der Waals surface area contributed by atoms with E-state index in [9.17, 15) is 8.42 Å². The first-order chi connectivity index (χ1) is 7.57. The molecule has 0 aliphatic carbocycles. The van der Waals surface area contributed by atoms with E-state index < -0.39 is 9.84 Å². The van der Waals surface area contributed by atoms with Crippen LogP contribution in [0.4, 0.5) is 0 Å². The lowest BCUT2D eigenvalue weighted by atomic mass is 10.3. The second-order valence-corrected chi connectivity index (χ2v) is 6.95. The Morgan fingerprint density at radius 3 is 2.81 bits per heavy atom. The molecule has 1 fully saturated rings. The van der Waals surface area contributed by atoms with Gasteiger partial charge in [0.2, 0.25) is 0 Å². The number of sulfone groups is 1. The number of nitrogens with one attached hydrogen (secondary N) is 2. The molecule has 1 aliphatic rings. The van der Waals surface area contributed by atoms with E-state index in [1.54, 1.807) is 18.8 Å². The molecule has 0 saturated carbocycles. The summed E-state index contributed by atoms with van der Waals surface area (Å²) in [6.07, 6.45) is 2.72. The Kier molecular flexibility index (Phi) is 5.40. The molecule has 0 aromatic rings. The van der Waals surface area contributed by atoms with Crippen molar-refractivity contribution in [2.24, 2.45) is 4.99 Å². The molecule has 5 nitrogen and oxygen atoms in total. The van der Waals surface area contributed by atoms with E-state index in [-0.39, 0.29) is 17.5 Å². The quantitative estimate of drug-likeness (QED) is 0.415. The van der Waals surface area contributed by atoms with Gasteiger partial charge in [-0.05, 0) is 12.7 Å². The van der Waals surface area contributed by atoms with Gasteiger partial charge >= 0.3 is 0 Å². The smallest absolute Gasteiger partial charge is 0.191 e. The Bertz CT molecular complexity index is 341. The molecule has 0 amide bonds. The van der Waals surface area contributed by atoms with Crippen LogP contribution in [0, 0.1) is 0 Å². The zero-order valence-corrected chi connectivity index (χ0v) is 11.3. The highest BCUT2D eigenvalue weighted by Gasteiger charge is 2.28. The second-order valence-electron chi connectivity index (χ2n) is 3.74. The molecule has 94 valence electrons. The highest BCUT2D eigenvalue weighted by atomic mass is 32.2.